The fourth-order valence-corrected chi connectivity index (χ4v) is 2.06. The predicted molar refractivity (Wildman–Crippen MR) is 55.2 cm³/mol. The van der Waals surface area contributed by atoms with Crippen LogP contribution in [0.5, 0.6) is 0 Å². The van der Waals surface area contributed by atoms with Gasteiger partial charge >= 0.3 is 0 Å². The van der Waals surface area contributed by atoms with E-state index in [0.29, 0.717) is 11.6 Å². The molecule has 0 aliphatic carbocycles. The molecule has 14 heavy (non-hydrogen) atoms. The second-order valence-electron chi connectivity index (χ2n) is 3.65. The Hall–Kier alpha value is -0.640. The minimum absolute atomic E-state index is 0.503. The first kappa shape index (κ1) is 9.90. The van der Waals surface area contributed by atoms with Crippen LogP contribution in [0, 0.1) is 0 Å². The first-order valence-corrected chi connectivity index (χ1v) is 5.08. The zero-order valence-electron chi connectivity index (χ0n) is 7.87. The molecule has 1 fully saturated rings. The van der Waals surface area contributed by atoms with Crippen LogP contribution >= 0.6 is 11.6 Å². The molecule has 0 aromatic carbocycles. The van der Waals surface area contributed by atoms with E-state index in [1.807, 2.05) is 6.07 Å². The Morgan fingerprint density at radius 3 is 3.07 bits per heavy atom. The van der Waals surface area contributed by atoms with Crippen LogP contribution in [-0.2, 0) is 10.3 Å². The monoisotopic (exact) mass is 212 g/mol. The summed E-state index contributed by atoms with van der Waals surface area (Å²) in [5.41, 5.74) is 6.46. The van der Waals surface area contributed by atoms with Crippen molar-refractivity contribution in [2.24, 2.45) is 5.73 Å². The highest BCUT2D eigenvalue weighted by molar-refractivity contribution is 6.31. The summed E-state index contributed by atoms with van der Waals surface area (Å²) in [5, 5.41) is 0.625. The first-order valence-electron chi connectivity index (χ1n) is 4.70. The Morgan fingerprint density at radius 1 is 1.57 bits per heavy atom. The van der Waals surface area contributed by atoms with Gasteiger partial charge in [0.25, 0.3) is 0 Å². The topological polar surface area (TPSA) is 48.1 Å². The van der Waals surface area contributed by atoms with Gasteiger partial charge in [-0.05, 0) is 25.0 Å². The average Bonchev–Trinajstić information content (AvgIpc) is 2.19. The number of rotatable bonds is 1. The van der Waals surface area contributed by atoms with E-state index in [4.69, 9.17) is 22.1 Å². The van der Waals surface area contributed by atoms with Crippen LogP contribution in [-0.4, -0.2) is 18.2 Å². The minimum atomic E-state index is -0.503. The van der Waals surface area contributed by atoms with E-state index in [2.05, 4.69) is 4.98 Å². The highest BCUT2D eigenvalue weighted by Crippen LogP contribution is 2.30. The molecule has 0 amide bonds. The number of pyridine rings is 1. The molecule has 1 aromatic heterocycles. The van der Waals surface area contributed by atoms with Gasteiger partial charge in [-0.25, -0.2) is 0 Å². The number of nitrogens with zero attached hydrogens (tertiary/aromatic N) is 1. The maximum atomic E-state index is 6.21. The Kier molecular flexibility index (Phi) is 2.72. The number of hydrogen-bond donors (Lipinski definition) is 1. The molecule has 0 bridgehead atoms. The third-order valence-electron chi connectivity index (χ3n) is 2.50. The summed E-state index contributed by atoms with van der Waals surface area (Å²) in [5.74, 6) is 0. The third-order valence-corrected chi connectivity index (χ3v) is 2.81. The summed E-state index contributed by atoms with van der Waals surface area (Å²) in [6.07, 6.45) is 3.55. The van der Waals surface area contributed by atoms with Gasteiger partial charge in [0.15, 0.2) is 0 Å². The van der Waals surface area contributed by atoms with Crippen molar-refractivity contribution in [3.05, 3.63) is 29.0 Å². The summed E-state index contributed by atoms with van der Waals surface area (Å²) in [4.78, 5) is 4.24. The van der Waals surface area contributed by atoms with Crippen LogP contribution in [0.25, 0.3) is 0 Å². The molecule has 4 heteroatoms. The molecule has 2 N–H and O–H groups in total. The van der Waals surface area contributed by atoms with Gasteiger partial charge in [0, 0.05) is 12.8 Å². The number of hydrogen-bond acceptors (Lipinski definition) is 3. The van der Waals surface area contributed by atoms with Crippen LogP contribution in [0.4, 0.5) is 0 Å². The van der Waals surface area contributed by atoms with E-state index in [1.165, 1.54) is 0 Å². The van der Waals surface area contributed by atoms with Gasteiger partial charge in [0.1, 0.15) is 0 Å². The van der Waals surface area contributed by atoms with E-state index in [9.17, 15) is 0 Å². The van der Waals surface area contributed by atoms with Crippen molar-refractivity contribution in [1.82, 2.24) is 4.98 Å². The van der Waals surface area contributed by atoms with Crippen molar-refractivity contribution in [3.63, 3.8) is 0 Å². The van der Waals surface area contributed by atoms with E-state index in [0.717, 1.165) is 25.1 Å². The summed E-state index contributed by atoms with van der Waals surface area (Å²) in [6.45, 7) is 1.28. The summed E-state index contributed by atoms with van der Waals surface area (Å²) in [7, 11) is 0. The Balaban J connectivity index is 2.32. The van der Waals surface area contributed by atoms with E-state index in [-0.39, 0.29) is 0 Å². The van der Waals surface area contributed by atoms with Crippen LogP contribution < -0.4 is 5.73 Å². The predicted octanol–water partition coefficient (Wildman–Crippen LogP) is 1.70. The number of aromatic nitrogens is 1. The molecule has 0 radical (unpaired) electrons. The van der Waals surface area contributed by atoms with Gasteiger partial charge in [0.05, 0.1) is 22.9 Å². The van der Waals surface area contributed by atoms with Crippen molar-refractivity contribution < 1.29 is 4.74 Å². The maximum Gasteiger partial charge on any atom is 0.0836 e. The van der Waals surface area contributed by atoms with Gasteiger partial charge in [0.2, 0.25) is 0 Å². The molecule has 1 aromatic rings. The van der Waals surface area contributed by atoms with Gasteiger partial charge < -0.3 is 10.5 Å². The zero-order chi connectivity index (χ0) is 10.0. The minimum Gasteiger partial charge on any atom is -0.379 e. The van der Waals surface area contributed by atoms with Gasteiger partial charge in [-0.3, -0.25) is 4.98 Å². The summed E-state index contributed by atoms with van der Waals surface area (Å²) >= 11 is 6.05. The largest absolute Gasteiger partial charge is 0.379 e. The summed E-state index contributed by atoms with van der Waals surface area (Å²) in [6, 6.07) is 3.62. The zero-order valence-corrected chi connectivity index (χ0v) is 8.63. The second kappa shape index (κ2) is 3.85. The molecule has 2 rings (SSSR count). The number of halogens is 1. The summed E-state index contributed by atoms with van der Waals surface area (Å²) < 4.78 is 5.37. The molecule has 1 aliphatic rings. The van der Waals surface area contributed by atoms with Crippen molar-refractivity contribution in [2.75, 3.05) is 13.2 Å². The van der Waals surface area contributed by atoms with Gasteiger partial charge in [-0.1, -0.05) is 11.6 Å². The first-order chi connectivity index (χ1) is 6.72. The van der Waals surface area contributed by atoms with Crippen LogP contribution in [0.1, 0.15) is 18.5 Å². The number of ether oxygens (including phenoxy) is 1. The SMILES string of the molecule is NC1(c2ncccc2Cl)CCCOC1. The molecule has 3 nitrogen and oxygen atoms in total. The van der Waals surface area contributed by atoms with E-state index >= 15 is 0 Å². The standard InChI is InChI=1S/C10H13ClN2O/c11-8-3-1-5-13-9(8)10(12)4-2-6-14-7-10/h1,3,5H,2,4,6-7,12H2. The fraction of sp³-hybridized carbons (Fsp3) is 0.500. The van der Waals surface area contributed by atoms with Crippen LogP contribution in [0.15, 0.2) is 18.3 Å². The van der Waals surface area contributed by atoms with Crippen molar-refractivity contribution in [2.45, 2.75) is 18.4 Å². The molecular weight excluding hydrogens is 200 g/mol. The molecule has 0 saturated carbocycles. The molecule has 1 saturated heterocycles. The Morgan fingerprint density at radius 2 is 2.43 bits per heavy atom. The Bertz CT molecular complexity index is 324. The molecular formula is C10H13ClN2O. The van der Waals surface area contributed by atoms with Crippen molar-refractivity contribution in [3.8, 4) is 0 Å². The molecule has 76 valence electrons. The van der Waals surface area contributed by atoms with Crippen molar-refractivity contribution >= 4 is 11.6 Å². The van der Waals surface area contributed by atoms with Crippen LogP contribution in [0.2, 0.25) is 5.02 Å². The van der Waals surface area contributed by atoms with E-state index in [1.54, 1.807) is 12.3 Å². The van der Waals surface area contributed by atoms with E-state index < -0.39 is 5.54 Å². The molecule has 1 unspecified atom stereocenters. The second-order valence-corrected chi connectivity index (χ2v) is 4.05. The Labute approximate surface area is 88.2 Å². The highest BCUT2D eigenvalue weighted by atomic mass is 35.5. The molecule has 0 spiro atoms. The molecule has 2 heterocycles. The average molecular weight is 213 g/mol. The lowest BCUT2D eigenvalue weighted by Crippen LogP contribution is -2.45. The molecule has 1 atom stereocenters. The van der Waals surface area contributed by atoms with Gasteiger partial charge in [-0.15, -0.1) is 0 Å². The van der Waals surface area contributed by atoms with Gasteiger partial charge in [-0.2, -0.15) is 0 Å². The number of nitrogens with two attached hydrogens (primary N) is 1. The highest BCUT2D eigenvalue weighted by Gasteiger charge is 2.33. The normalized spacial score (nSPS) is 27.6. The lowest BCUT2D eigenvalue weighted by atomic mass is 9.89. The quantitative estimate of drug-likeness (QED) is 0.771. The lowest BCUT2D eigenvalue weighted by Gasteiger charge is -2.33. The lowest BCUT2D eigenvalue weighted by molar-refractivity contribution is 0.0349. The maximum absolute atomic E-state index is 6.21. The third kappa shape index (κ3) is 1.75. The molecule has 1 aliphatic heterocycles. The van der Waals surface area contributed by atoms with Crippen molar-refractivity contribution in [1.29, 1.82) is 0 Å². The van der Waals surface area contributed by atoms with Crippen LogP contribution in [0.3, 0.4) is 0 Å². The smallest absolute Gasteiger partial charge is 0.0836 e. The fourth-order valence-electron chi connectivity index (χ4n) is 1.75.